The van der Waals surface area contributed by atoms with Crippen LogP contribution in [0.5, 0.6) is 17.4 Å². The number of nitrogens with zero attached hydrogens (tertiary/aromatic N) is 4. The summed E-state index contributed by atoms with van der Waals surface area (Å²) in [6, 6.07) is 14.3. The molecule has 0 aliphatic carbocycles. The molecule has 0 spiro atoms. The van der Waals surface area contributed by atoms with Crippen LogP contribution in [0.15, 0.2) is 66.9 Å². The summed E-state index contributed by atoms with van der Waals surface area (Å²) in [7, 11) is 2.10. The lowest BCUT2D eigenvalue weighted by Gasteiger charge is -2.32. The molecule has 1 saturated heterocycles. The molecule has 248 valence electrons. The van der Waals surface area contributed by atoms with Crippen LogP contribution < -0.4 is 20.1 Å². The minimum absolute atomic E-state index is 0.0844. The van der Waals surface area contributed by atoms with Gasteiger partial charge in [0.15, 0.2) is 11.6 Å². The van der Waals surface area contributed by atoms with Gasteiger partial charge in [0.2, 0.25) is 11.8 Å². The average Bonchev–Trinajstić information content (AvgIpc) is 3.03. The molecular formula is C34H36F4N6O3. The lowest BCUT2D eigenvalue weighted by molar-refractivity contribution is -0.138. The molecule has 1 aliphatic rings. The lowest BCUT2D eigenvalue weighted by Crippen LogP contribution is -2.44. The third-order valence-electron chi connectivity index (χ3n) is 7.78. The molecule has 0 saturated carbocycles. The summed E-state index contributed by atoms with van der Waals surface area (Å²) in [5.41, 5.74) is 1.11. The predicted octanol–water partition coefficient (Wildman–Crippen LogP) is 7.06. The number of ether oxygens (including phenoxy) is 2. The SMILES string of the molecule is Cc1cccc(C)c1NC(=O)c1cnc(Nc2ccc(OCCCN3CCN(C)CC3)c(F)c2)nc1Oc1ccccc1C(F)(F)F. The first-order valence-electron chi connectivity index (χ1n) is 15.2. The zero-order valence-corrected chi connectivity index (χ0v) is 26.3. The normalized spacial score (nSPS) is 14.1. The Hall–Kier alpha value is -4.75. The molecule has 0 unspecified atom stereocenters. The Balaban J connectivity index is 1.33. The summed E-state index contributed by atoms with van der Waals surface area (Å²) in [4.78, 5) is 26.4. The van der Waals surface area contributed by atoms with Gasteiger partial charge in [0, 0.05) is 56.4 Å². The molecule has 1 fully saturated rings. The zero-order chi connectivity index (χ0) is 33.6. The standard InChI is InChI=1S/C34H36F4N6O3/c1-22-8-6-9-23(2)30(22)41-31(45)25-21-39-33(42-32(25)47-28-11-5-4-10-26(28)34(36,37)38)40-24-12-13-29(27(35)20-24)46-19-7-14-44-17-15-43(3)16-18-44/h4-6,8-13,20-21H,7,14-19H2,1-3H3,(H,41,45)(H,39,40,42). The van der Waals surface area contributed by atoms with Crippen molar-refractivity contribution in [2.45, 2.75) is 26.4 Å². The largest absolute Gasteiger partial charge is 0.490 e. The van der Waals surface area contributed by atoms with Crippen LogP contribution in [0.2, 0.25) is 0 Å². The molecule has 0 radical (unpaired) electrons. The first-order valence-corrected chi connectivity index (χ1v) is 15.2. The fourth-order valence-corrected chi connectivity index (χ4v) is 5.11. The molecule has 1 aromatic heterocycles. The molecule has 4 aromatic rings. The van der Waals surface area contributed by atoms with Crippen molar-refractivity contribution in [1.29, 1.82) is 0 Å². The van der Waals surface area contributed by atoms with E-state index in [0.29, 0.717) is 12.3 Å². The summed E-state index contributed by atoms with van der Waals surface area (Å²) in [5, 5.41) is 5.61. The van der Waals surface area contributed by atoms with Gasteiger partial charge < -0.3 is 29.9 Å². The van der Waals surface area contributed by atoms with Crippen LogP contribution in [0.3, 0.4) is 0 Å². The fraction of sp³-hybridized carbons (Fsp3) is 0.324. The number of hydrogen-bond donors (Lipinski definition) is 2. The molecule has 2 N–H and O–H groups in total. The van der Waals surface area contributed by atoms with Crippen LogP contribution in [0.25, 0.3) is 0 Å². The number of nitrogens with one attached hydrogen (secondary N) is 2. The maximum absolute atomic E-state index is 14.9. The highest BCUT2D eigenvalue weighted by Gasteiger charge is 2.35. The van der Waals surface area contributed by atoms with Crippen molar-refractivity contribution in [1.82, 2.24) is 19.8 Å². The third-order valence-corrected chi connectivity index (χ3v) is 7.78. The smallest absolute Gasteiger partial charge is 0.419 e. The van der Waals surface area contributed by atoms with E-state index in [1.165, 1.54) is 24.3 Å². The van der Waals surface area contributed by atoms with E-state index in [4.69, 9.17) is 9.47 Å². The van der Waals surface area contributed by atoms with E-state index in [1.54, 1.807) is 6.07 Å². The highest BCUT2D eigenvalue weighted by atomic mass is 19.4. The Labute approximate surface area is 270 Å². The zero-order valence-electron chi connectivity index (χ0n) is 26.3. The number of halogens is 4. The second-order valence-corrected chi connectivity index (χ2v) is 11.3. The van der Waals surface area contributed by atoms with Gasteiger partial charge in [0.1, 0.15) is 11.3 Å². The van der Waals surface area contributed by atoms with Crippen molar-refractivity contribution in [3.8, 4) is 17.4 Å². The molecule has 2 heterocycles. The van der Waals surface area contributed by atoms with Crippen molar-refractivity contribution < 1.29 is 31.8 Å². The van der Waals surface area contributed by atoms with Crippen LogP contribution in [-0.4, -0.2) is 72.1 Å². The van der Waals surface area contributed by atoms with E-state index >= 15 is 0 Å². The number of likely N-dealkylation sites (N-methyl/N-ethyl adjacent to an activating group) is 1. The number of piperazine rings is 1. The Bertz CT molecular complexity index is 1690. The first kappa shape index (κ1) is 33.6. The minimum Gasteiger partial charge on any atom is -0.490 e. The Morgan fingerprint density at radius 2 is 1.68 bits per heavy atom. The second kappa shape index (κ2) is 14.8. The van der Waals surface area contributed by atoms with Crippen LogP contribution in [0.1, 0.15) is 33.5 Å². The van der Waals surface area contributed by atoms with E-state index in [0.717, 1.165) is 68.6 Å². The maximum atomic E-state index is 14.9. The van der Waals surface area contributed by atoms with E-state index < -0.39 is 35.1 Å². The molecule has 3 aromatic carbocycles. The van der Waals surface area contributed by atoms with Gasteiger partial charge in [-0.2, -0.15) is 18.2 Å². The molecule has 0 atom stereocenters. The summed E-state index contributed by atoms with van der Waals surface area (Å²) in [6.07, 6.45) is -2.84. The van der Waals surface area contributed by atoms with Crippen LogP contribution in [0.4, 0.5) is 34.9 Å². The topological polar surface area (TPSA) is 91.8 Å². The number of hydrogen-bond acceptors (Lipinski definition) is 8. The second-order valence-electron chi connectivity index (χ2n) is 11.3. The highest BCUT2D eigenvalue weighted by molar-refractivity contribution is 6.06. The molecule has 5 rings (SSSR count). The van der Waals surface area contributed by atoms with Gasteiger partial charge >= 0.3 is 6.18 Å². The molecule has 1 aliphatic heterocycles. The van der Waals surface area contributed by atoms with Gasteiger partial charge in [-0.05, 0) is 62.7 Å². The van der Waals surface area contributed by atoms with E-state index in [2.05, 4.69) is 37.4 Å². The number of amides is 1. The molecule has 47 heavy (non-hydrogen) atoms. The summed E-state index contributed by atoms with van der Waals surface area (Å²) in [6.45, 7) is 8.87. The quantitative estimate of drug-likeness (QED) is 0.132. The first-order chi connectivity index (χ1) is 22.5. The predicted molar refractivity (Wildman–Crippen MR) is 171 cm³/mol. The molecule has 0 bridgehead atoms. The van der Waals surface area contributed by atoms with Gasteiger partial charge in [-0.1, -0.05) is 30.3 Å². The number of anilines is 3. The average molecular weight is 653 g/mol. The van der Waals surface area contributed by atoms with E-state index in [9.17, 15) is 22.4 Å². The number of carbonyl (C=O) groups excluding carboxylic acids is 1. The number of rotatable bonds is 11. The molecule has 13 heteroatoms. The monoisotopic (exact) mass is 652 g/mol. The third kappa shape index (κ3) is 8.74. The number of carbonyl (C=O) groups is 1. The highest BCUT2D eigenvalue weighted by Crippen LogP contribution is 2.38. The number of aryl methyl sites for hydroxylation is 2. The van der Waals surface area contributed by atoms with Crippen LogP contribution in [0, 0.1) is 19.7 Å². The van der Waals surface area contributed by atoms with E-state index in [1.807, 2.05) is 32.0 Å². The lowest BCUT2D eigenvalue weighted by atomic mass is 10.1. The summed E-state index contributed by atoms with van der Waals surface area (Å²) in [5.74, 6) is -2.33. The maximum Gasteiger partial charge on any atom is 0.419 e. The fourth-order valence-electron chi connectivity index (χ4n) is 5.11. The van der Waals surface area contributed by atoms with Crippen molar-refractivity contribution >= 4 is 23.2 Å². The van der Waals surface area contributed by atoms with Crippen molar-refractivity contribution in [3.63, 3.8) is 0 Å². The number of para-hydroxylation sites is 2. The molecular weight excluding hydrogens is 616 g/mol. The summed E-state index contributed by atoms with van der Waals surface area (Å²) < 4.78 is 67.5. The molecule has 1 amide bonds. The number of benzene rings is 3. The minimum atomic E-state index is -4.72. The number of alkyl halides is 3. The van der Waals surface area contributed by atoms with Crippen molar-refractivity contribution in [3.05, 3.63) is 94.9 Å². The van der Waals surface area contributed by atoms with Gasteiger partial charge in [0.25, 0.3) is 5.91 Å². The Morgan fingerprint density at radius 3 is 2.38 bits per heavy atom. The number of aromatic nitrogens is 2. The summed E-state index contributed by atoms with van der Waals surface area (Å²) >= 11 is 0. The van der Waals surface area contributed by atoms with Crippen molar-refractivity contribution in [2.24, 2.45) is 0 Å². The van der Waals surface area contributed by atoms with Gasteiger partial charge in [-0.15, -0.1) is 0 Å². The van der Waals surface area contributed by atoms with Crippen molar-refractivity contribution in [2.75, 3.05) is 57.0 Å². The van der Waals surface area contributed by atoms with Gasteiger partial charge in [-0.25, -0.2) is 9.37 Å². The van der Waals surface area contributed by atoms with Gasteiger partial charge in [0.05, 0.1) is 12.2 Å². The Kier molecular flexibility index (Phi) is 10.6. The van der Waals surface area contributed by atoms with Crippen LogP contribution in [-0.2, 0) is 6.18 Å². The van der Waals surface area contributed by atoms with Gasteiger partial charge in [-0.3, -0.25) is 4.79 Å². The Morgan fingerprint density at radius 1 is 0.957 bits per heavy atom. The van der Waals surface area contributed by atoms with E-state index in [-0.39, 0.29) is 22.9 Å². The molecule has 9 nitrogen and oxygen atoms in total. The van der Waals surface area contributed by atoms with Crippen LogP contribution >= 0.6 is 0 Å².